The molecule has 2 nitrogen and oxygen atoms in total. The van der Waals surface area contributed by atoms with Gasteiger partial charge in [-0.15, -0.1) is 0 Å². The van der Waals surface area contributed by atoms with Crippen LogP contribution in [0.25, 0.3) is 0 Å². The number of hydrogen-bond acceptors (Lipinski definition) is 2. The molecule has 1 rings (SSSR count). The molecule has 0 saturated carbocycles. The van der Waals surface area contributed by atoms with Crippen LogP contribution in [0, 0.1) is 0 Å². The second kappa shape index (κ2) is 4.05. The molecule has 3 heteroatoms. The Bertz CT molecular complexity index is 329. The first kappa shape index (κ1) is 8.98. The molecule has 12 heavy (non-hydrogen) atoms. The fourth-order valence-electron chi connectivity index (χ4n) is 0.954. The molecule has 0 spiro atoms. The van der Waals surface area contributed by atoms with Crippen molar-refractivity contribution < 1.29 is 4.79 Å². The number of benzene rings is 1. The van der Waals surface area contributed by atoms with Crippen LogP contribution < -0.4 is 0 Å². The maximum absolute atomic E-state index is 9.93. The Morgan fingerprint density at radius 2 is 2.33 bits per heavy atom. The normalized spacial score (nSPS) is 9.17. The summed E-state index contributed by atoms with van der Waals surface area (Å²) in [5.74, 6) is 0. The van der Waals surface area contributed by atoms with Crippen LogP contribution in [-0.4, -0.2) is 6.08 Å². The summed E-state index contributed by atoms with van der Waals surface area (Å²) in [4.78, 5) is 13.4. The lowest BCUT2D eigenvalue weighted by atomic mass is 10.1. The standard InChI is InChI=1S/C9H8ClNO/c1-2-7-5-8(11-6-12)3-4-9(7)10/h3-5H,2H2,1H3. The van der Waals surface area contributed by atoms with Gasteiger partial charge in [0.1, 0.15) is 0 Å². The van der Waals surface area contributed by atoms with Crippen LogP contribution >= 0.6 is 11.6 Å². The number of isocyanates is 1. The van der Waals surface area contributed by atoms with Crippen molar-refractivity contribution in [2.75, 3.05) is 0 Å². The molecule has 0 aliphatic rings. The van der Waals surface area contributed by atoms with Gasteiger partial charge in [0, 0.05) is 5.02 Å². The first-order valence-corrected chi connectivity index (χ1v) is 4.02. The van der Waals surface area contributed by atoms with Gasteiger partial charge in [0.15, 0.2) is 0 Å². The average molecular weight is 182 g/mol. The maximum Gasteiger partial charge on any atom is 0.240 e. The topological polar surface area (TPSA) is 29.4 Å². The Morgan fingerprint density at radius 1 is 1.58 bits per heavy atom. The van der Waals surface area contributed by atoms with Crippen LogP contribution in [-0.2, 0) is 11.2 Å². The van der Waals surface area contributed by atoms with Gasteiger partial charge in [-0.3, -0.25) is 0 Å². The number of aryl methyl sites for hydroxylation is 1. The molecule has 0 unspecified atom stereocenters. The van der Waals surface area contributed by atoms with Gasteiger partial charge in [-0.1, -0.05) is 18.5 Å². The zero-order chi connectivity index (χ0) is 8.97. The summed E-state index contributed by atoms with van der Waals surface area (Å²) in [6, 6.07) is 5.20. The van der Waals surface area contributed by atoms with Crippen LogP contribution in [0.3, 0.4) is 0 Å². The maximum atomic E-state index is 9.93. The molecule has 0 saturated heterocycles. The number of halogens is 1. The summed E-state index contributed by atoms with van der Waals surface area (Å²) >= 11 is 5.86. The predicted octanol–water partition coefficient (Wildman–Crippen LogP) is 2.87. The van der Waals surface area contributed by atoms with Gasteiger partial charge in [0.25, 0.3) is 0 Å². The van der Waals surface area contributed by atoms with Crippen molar-refractivity contribution in [1.29, 1.82) is 0 Å². The van der Waals surface area contributed by atoms with Gasteiger partial charge in [0.05, 0.1) is 5.69 Å². The van der Waals surface area contributed by atoms with Gasteiger partial charge in [-0.25, -0.2) is 4.79 Å². The van der Waals surface area contributed by atoms with E-state index in [1.165, 1.54) is 6.08 Å². The highest BCUT2D eigenvalue weighted by atomic mass is 35.5. The summed E-state index contributed by atoms with van der Waals surface area (Å²) in [5, 5.41) is 0.711. The zero-order valence-electron chi connectivity index (χ0n) is 6.67. The van der Waals surface area contributed by atoms with Gasteiger partial charge >= 0.3 is 0 Å². The summed E-state index contributed by atoms with van der Waals surface area (Å²) in [5.41, 5.74) is 1.60. The monoisotopic (exact) mass is 181 g/mol. The molecular weight excluding hydrogens is 174 g/mol. The van der Waals surface area contributed by atoms with Crippen molar-refractivity contribution >= 4 is 23.4 Å². The van der Waals surface area contributed by atoms with Crippen LogP contribution in [0.1, 0.15) is 12.5 Å². The third-order valence-electron chi connectivity index (χ3n) is 1.58. The molecule has 0 aliphatic heterocycles. The molecule has 0 fully saturated rings. The first-order chi connectivity index (χ1) is 5.77. The Labute approximate surface area is 75.9 Å². The van der Waals surface area contributed by atoms with Crippen molar-refractivity contribution in [3.63, 3.8) is 0 Å². The molecule has 0 atom stereocenters. The third kappa shape index (κ3) is 1.94. The van der Waals surface area contributed by atoms with Crippen molar-refractivity contribution in [2.24, 2.45) is 4.99 Å². The van der Waals surface area contributed by atoms with E-state index in [0.717, 1.165) is 12.0 Å². The number of carbonyl (C=O) groups excluding carboxylic acids is 1. The van der Waals surface area contributed by atoms with E-state index in [2.05, 4.69) is 4.99 Å². The van der Waals surface area contributed by atoms with E-state index in [0.29, 0.717) is 10.7 Å². The van der Waals surface area contributed by atoms with E-state index in [1.54, 1.807) is 18.2 Å². The van der Waals surface area contributed by atoms with E-state index in [1.807, 2.05) is 6.92 Å². The van der Waals surface area contributed by atoms with Crippen LogP contribution in [0.5, 0.6) is 0 Å². The predicted molar refractivity (Wildman–Crippen MR) is 48.6 cm³/mol. The minimum Gasteiger partial charge on any atom is -0.211 e. The summed E-state index contributed by atoms with van der Waals surface area (Å²) in [6.07, 6.45) is 2.32. The van der Waals surface area contributed by atoms with Crippen molar-refractivity contribution in [1.82, 2.24) is 0 Å². The molecule has 1 aromatic carbocycles. The minimum absolute atomic E-state index is 0.603. The van der Waals surface area contributed by atoms with Gasteiger partial charge < -0.3 is 0 Å². The van der Waals surface area contributed by atoms with Crippen LogP contribution in [0.4, 0.5) is 5.69 Å². The summed E-state index contributed by atoms with van der Waals surface area (Å²) in [6.45, 7) is 2.00. The highest BCUT2D eigenvalue weighted by molar-refractivity contribution is 6.31. The molecule has 0 aliphatic carbocycles. The molecule has 62 valence electrons. The molecule has 0 amide bonds. The zero-order valence-corrected chi connectivity index (χ0v) is 7.43. The lowest BCUT2D eigenvalue weighted by Gasteiger charge is -1.99. The second-order valence-corrected chi connectivity index (χ2v) is 2.74. The van der Waals surface area contributed by atoms with Crippen molar-refractivity contribution in [3.8, 4) is 0 Å². The molecule has 1 aromatic rings. The smallest absolute Gasteiger partial charge is 0.211 e. The lowest BCUT2D eigenvalue weighted by molar-refractivity contribution is 0.565. The quantitative estimate of drug-likeness (QED) is 0.510. The highest BCUT2D eigenvalue weighted by Gasteiger charge is 1.98. The molecule has 0 radical (unpaired) electrons. The van der Waals surface area contributed by atoms with E-state index in [9.17, 15) is 4.79 Å². The SMILES string of the molecule is CCc1cc(N=C=O)ccc1Cl. The number of aliphatic imine (C=N–C) groups is 1. The van der Waals surface area contributed by atoms with Crippen molar-refractivity contribution in [3.05, 3.63) is 28.8 Å². The summed E-state index contributed by atoms with van der Waals surface area (Å²) in [7, 11) is 0. The molecule has 0 aromatic heterocycles. The molecule has 0 bridgehead atoms. The van der Waals surface area contributed by atoms with E-state index in [4.69, 9.17) is 11.6 Å². The molecule has 0 N–H and O–H groups in total. The molecule has 0 heterocycles. The van der Waals surface area contributed by atoms with Crippen LogP contribution in [0.15, 0.2) is 23.2 Å². The Morgan fingerprint density at radius 3 is 2.92 bits per heavy atom. The number of rotatable bonds is 2. The van der Waals surface area contributed by atoms with E-state index < -0.39 is 0 Å². The van der Waals surface area contributed by atoms with Gasteiger partial charge in [-0.05, 0) is 30.2 Å². The largest absolute Gasteiger partial charge is 0.240 e. The first-order valence-electron chi connectivity index (χ1n) is 3.64. The summed E-state index contributed by atoms with van der Waals surface area (Å²) < 4.78 is 0. The Kier molecular flexibility index (Phi) is 3.03. The molecular formula is C9H8ClNO. The minimum atomic E-state index is 0.603. The van der Waals surface area contributed by atoms with Gasteiger partial charge in [0.2, 0.25) is 6.08 Å². The van der Waals surface area contributed by atoms with Crippen molar-refractivity contribution in [2.45, 2.75) is 13.3 Å². The third-order valence-corrected chi connectivity index (χ3v) is 1.95. The fraction of sp³-hybridized carbons (Fsp3) is 0.222. The van der Waals surface area contributed by atoms with E-state index in [-0.39, 0.29) is 0 Å². The van der Waals surface area contributed by atoms with Gasteiger partial charge in [-0.2, -0.15) is 4.99 Å². The number of hydrogen-bond donors (Lipinski definition) is 0. The lowest BCUT2D eigenvalue weighted by Crippen LogP contribution is -1.80. The van der Waals surface area contributed by atoms with Crippen LogP contribution in [0.2, 0.25) is 5.02 Å². The Balaban J connectivity index is 3.13. The van der Waals surface area contributed by atoms with E-state index >= 15 is 0 Å². The second-order valence-electron chi connectivity index (χ2n) is 2.33. The Hall–Kier alpha value is -1.11. The number of nitrogens with zero attached hydrogens (tertiary/aromatic N) is 1. The average Bonchev–Trinajstić information content (AvgIpc) is 2.09. The highest BCUT2D eigenvalue weighted by Crippen LogP contribution is 2.22. The fourth-order valence-corrected chi connectivity index (χ4v) is 1.21.